The molecule has 24 heavy (non-hydrogen) atoms. The number of aromatic nitrogens is 2. The Bertz CT molecular complexity index is 899. The smallest absolute Gasteiger partial charge is 0.251 e. The van der Waals surface area contributed by atoms with Crippen LogP contribution in [0.3, 0.4) is 0 Å². The number of carbonyl (C=O) groups is 1. The molecule has 1 atom stereocenters. The third kappa shape index (κ3) is 3.47. The van der Waals surface area contributed by atoms with Gasteiger partial charge < -0.3 is 5.32 Å². The molecule has 3 rings (SSSR count). The Balaban J connectivity index is 1.73. The number of amides is 1. The van der Waals surface area contributed by atoms with Gasteiger partial charge in [0.1, 0.15) is 5.01 Å². The molecule has 0 radical (unpaired) electrons. The molecule has 5 nitrogen and oxygen atoms in total. The molecule has 0 fully saturated rings. The van der Waals surface area contributed by atoms with Crippen LogP contribution in [-0.4, -0.2) is 15.9 Å². The molecular formula is C18H14N4OS. The van der Waals surface area contributed by atoms with Crippen molar-refractivity contribution in [2.75, 3.05) is 0 Å². The standard InChI is InChI=1S/C18H14N4OS/c1-12(21-17(23)15-4-2-3-13(9-15)10-19)18-22-16(11-24-18)14-5-7-20-8-6-14/h2-9,11-12H,1H3,(H,21,23)/t12-/m1/s1. The average Bonchev–Trinajstić information content (AvgIpc) is 3.13. The van der Waals surface area contributed by atoms with Crippen molar-refractivity contribution in [1.82, 2.24) is 15.3 Å². The van der Waals surface area contributed by atoms with Crippen molar-refractivity contribution in [2.45, 2.75) is 13.0 Å². The lowest BCUT2D eigenvalue weighted by atomic mass is 10.1. The van der Waals surface area contributed by atoms with Crippen LogP contribution in [0, 0.1) is 11.3 Å². The Kier molecular flexibility index (Phi) is 4.64. The summed E-state index contributed by atoms with van der Waals surface area (Å²) in [6, 6.07) is 12.2. The Morgan fingerprint density at radius 1 is 1.29 bits per heavy atom. The summed E-state index contributed by atoms with van der Waals surface area (Å²) in [7, 11) is 0. The molecule has 3 aromatic rings. The zero-order valence-electron chi connectivity index (χ0n) is 12.9. The number of hydrogen-bond acceptors (Lipinski definition) is 5. The van der Waals surface area contributed by atoms with E-state index < -0.39 is 0 Å². The molecule has 0 bridgehead atoms. The van der Waals surface area contributed by atoms with Crippen LogP contribution in [0.2, 0.25) is 0 Å². The predicted molar refractivity (Wildman–Crippen MR) is 92.4 cm³/mol. The molecule has 1 N–H and O–H groups in total. The van der Waals surface area contributed by atoms with Gasteiger partial charge in [-0.05, 0) is 37.3 Å². The summed E-state index contributed by atoms with van der Waals surface area (Å²) in [6.07, 6.45) is 3.45. The van der Waals surface area contributed by atoms with E-state index in [1.54, 1.807) is 36.7 Å². The van der Waals surface area contributed by atoms with Crippen molar-refractivity contribution < 1.29 is 4.79 Å². The minimum atomic E-state index is -0.222. The van der Waals surface area contributed by atoms with Crippen molar-refractivity contribution >= 4 is 17.2 Å². The highest BCUT2D eigenvalue weighted by Crippen LogP contribution is 2.25. The molecule has 1 amide bonds. The van der Waals surface area contributed by atoms with E-state index in [1.807, 2.05) is 30.5 Å². The number of hydrogen-bond donors (Lipinski definition) is 1. The van der Waals surface area contributed by atoms with Crippen LogP contribution >= 0.6 is 11.3 Å². The van der Waals surface area contributed by atoms with Gasteiger partial charge in [-0.15, -0.1) is 11.3 Å². The molecule has 0 aliphatic carbocycles. The second-order valence-electron chi connectivity index (χ2n) is 5.19. The van der Waals surface area contributed by atoms with Crippen LogP contribution in [0.4, 0.5) is 0 Å². The number of rotatable bonds is 4. The van der Waals surface area contributed by atoms with Crippen LogP contribution in [0.5, 0.6) is 0 Å². The third-order valence-corrected chi connectivity index (χ3v) is 4.50. The van der Waals surface area contributed by atoms with Gasteiger partial charge in [0, 0.05) is 28.9 Å². The summed E-state index contributed by atoms with van der Waals surface area (Å²) in [6.45, 7) is 1.89. The van der Waals surface area contributed by atoms with Crippen LogP contribution in [0.1, 0.15) is 33.9 Å². The quantitative estimate of drug-likeness (QED) is 0.791. The maximum absolute atomic E-state index is 12.3. The van der Waals surface area contributed by atoms with Gasteiger partial charge in [0.15, 0.2) is 0 Å². The number of nitrogens with one attached hydrogen (secondary N) is 1. The van der Waals surface area contributed by atoms with Crippen LogP contribution in [0.25, 0.3) is 11.3 Å². The lowest BCUT2D eigenvalue weighted by Crippen LogP contribution is -2.26. The van der Waals surface area contributed by atoms with E-state index in [9.17, 15) is 4.79 Å². The predicted octanol–water partition coefficient (Wildman–Crippen LogP) is 3.57. The maximum atomic E-state index is 12.3. The summed E-state index contributed by atoms with van der Waals surface area (Å²) < 4.78 is 0. The molecule has 0 unspecified atom stereocenters. The summed E-state index contributed by atoms with van der Waals surface area (Å²) in [4.78, 5) is 20.9. The first-order valence-corrected chi connectivity index (χ1v) is 8.22. The Morgan fingerprint density at radius 3 is 2.83 bits per heavy atom. The van der Waals surface area contributed by atoms with Gasteiger partial charge in [-0.25, -0.2) is 4.98 Å². The largest absolute Gasteiger partial charge is 0.343 e. The highest BCUT2D eigenvalue weighted by atomic mass is 32.1. The van der Waals surface area contributed by atoms with E-state index in [-0.39, 0.29) is 11.9 Å². The average molecular weight is 334 g/mol. The van der Waals surface area contributed by atoms with Crippen molar-refractivity contribution in [2.24, 2.45) is 0 Å². The number of pyridine rings is 1. The van der Waals surface area contributed by atoms with Gasteiger partial charge in [0.25, 0.3) is 5.91 Å². The molecule has 0 spiro atoms. The maximum Gasteiger partial charge on any atom is 0.251 e. The van der Waals surface area contributed by atoms with Crippen LogP contribution < -0.4 is 5.32 Å². The first-order valence-electron chi connectivity index (χ1n) is 7.34. The lowest BCUT2D eigenvalue weighted by Gasteiger charge is -2.11. The normalized spacial score (nSPS) is 11.5. The summed E-state index contributed by atoms with van der Waals surface area (Å²) in [5.74, 6) is -0.222. The van der Waals surface area contributed by atoms with Crippen molar-refractivity contribution in [1.29, 1.82) is 5.26 Å². The van der Waals surface area contributed by atoms with Crippen LogP contribution in [0.15, 0.2) is 54.2 Å². The van der Waals surface area contributed by atoms with Gasteiger partial charge in [0.2, 0.25) is 0 Å². The topological polar surface area (TPSA) is 78.7 Å². The zero-order valence-corrected chi connectivity index (χ0v) is 13.7. The molecule has 0 aliphatic rings. The molecular weight excluding hydrogens is 320 g/mol. The highest BCUT2D eigenvalue weighted by Gasteiger charge is 2.15. The second-order valence-corrected chi connectivity index (χ2v) is 6.08. The minimum Gasteiger partial charge on any atom is -0.343 e. The SMILES string of the molecule is C[C@@H](NC(=O)c1cccc(C#N)c1)c1nc(-c2ccncc2)cs1. The molecule has 1 aromatic carbocycles. The molecule has 2 heterocycles. The van der Waals surface area contributed by atoms with Crippen molar-refractivity contribution in [3.63, 3.8) is 0 Å². The second kappa shape index (κ2) is 7.02. The number of thiazole rings is 1. The lowest BCUT2D eigenvalue weighted by molar-refractivity contribution is 0.0940. The molecule has 118 valence electrons. The number of nitrogens with zero attached hydrogens (tertiary/aromatic N) is 3. The van der Waals surface area contributed by atoms with E-state index in [0.29, 0.717) is 11.1 Å². The molecule has 2 aromatic heterocycles. The van der Waals surface area contributed by atoms with E-state index in [2.05, 4.69) is 15.3 Å². The summed E-state index contributed by atoms with van der Waals surface area (Å²) in [5.41, 5.74) is 2.79. The third-order valence-electron chi connectivity index (χ3n) is 3.47. The van der Waals surface area contributed by atoms with Gasteiger partial charge in [0.05, 0.1) is 23.4 Å². The molecule has 6 heteroatoms. The molecule has 0 saturated heterocycles. The first-order chi connectivity index (χ1) is 11.7. The Labute approximate surface area is 143 Å². The fourth-order valence-corrected chi connectivity index (χ4v) is 3.05. The fraction of sp³-hybridized carbons (Fsp3) is 0.111. The summed E-state index contributed by atoms with van der Waals surface area (Å²) >= 11 is 1.50. The minimum absolute atomic E-state index is 0.219. The highest BCUT2D eigenvalue weighted by molar-refractivity contribution is 7.10. The van der Waals surface area contributed by atoms with E-state index in [0.717, 1.165) is 16.3 Å². The van der Waals surface area contributed by atoms with E-state index >= 15 is 0 Å². The zero-order chi connectivity index (χ0) is 16.9. The van der Waals surface area contributed by atoms with Crippen LogP contribution in [-0.2, 0) is 0 Å². The van der Waals surface area contributed by atoms with E-state index in [4.69, 9.17) is 5.26 Å². The van der Waals surface area contributed by atoms with E-state index in [1.165, 1.54) is 11.3 Å². The monoisotopic (exact) mass is 334 g/mol. The summed E-state index contributed by atoms with van der Waals surface area (Å²) in [5, 5.41) is 14.6. The van der Waals surface area contributed by atoms with Gasteiger partial charge >= 0.3 is 0 Å². The number of carbonyl (C=O) groups excluding carboxylic acids is 1. The van der Waals surface area contributed by atoms with Gasteiger partial charge in [-0.1, -0.05) is 6.07 Å². The first kappa shape index (κ1) is 15.8. The molecule has 0 aliphatic heterocycles. The van der Waals surface area contributed by atoms with Gasteiger partial charge in [-0.3, -0.25) is 9.78 Å². The Morgan fingerprint density at radius 2 is 2.08 bits per heavy atom. The number of nitriles is 1. The number of benzene rings is 1. The molecule has 0 saturated carbocycles. The van der Waals surface area contributed by atoms with Crippen molar-refractivity contribution in [3.05, 3.63) is 70.3 Å². The Hall–Kier alpha value is -3.04. The van der Waals surface area contributed by atoms with Crippen molar-refractivity contribution in [3.8, 4) is 17.3 Å². The van der Waals surface area contributed by atoms with Gasteiger partial charge in [-0.2, -0.15) is 5.26 Å². The fourth-order valence-electron chi connectivity index (χ4n) is 2.21.